The molecular formula is C16H16O2. The molecule has 1 atom stereocenters. The number of rotatable bonds is 4. The Kier molecular flexibility index (Phi) is 3.78. The van der Waals surface area contributed by atoms with Crippen LogP contribution >= 0.6 is 0 Å². The van der Waals surface area contributed by atoms with E-state index in [1.807, 2.05) is 55.5 Å². The van der Waals surface area contributed by atoms with E-state index in [0.29, 0.717) is 0 Å². The Labute approximate surface area is 107 Å². The summed E-state index contributed by atoms with van der Waals surface area (Å²) in [6.07, 6.45) is 0.119. The monoisotopic (exact) mass is 240 g/mol. The largest absolute Gasteiger partial charge is 0.481 e. The van der Waals surface area contributed by atoms with Crippen LogP contribution in [-0.2, 0) is 4.79 Å². The van der Waals surface area contributed by atoms with Gasteiger partial charge in [-0.2, -0.15) is 0 Å². The normalized spacial score (nSPS) is 12.1. The van der Waals surface area contributed by atoms with Crippen molar-refractivity contribution in [3.05, 3.63) is 71.3 Å². The van der Waals surface area contributed by atoms with Crippen molar-refractivity contribution >= 4 is 5.97 Å². The van der Waals surface area contributed by atoms with E-state index < -0.39 is 5.97 Å². The molecule has 18 heavy (non-hydrogen) atoms. The van der Waals surface area contributed by atoms with Crippen molar-refractivity contribution in [2.75, 3.05) is 0 Å². The van der Waals surface area contributed by atoms with Crippen molar-refractivity contribution in [3.63, 3.8) is 0 Å². The third-order valence-corrected chi connectivity index (χ3v) is 3.03. The van der Waals surface area contributed by atoms with Gasteiger partial charge < -0.3 is 5.11 Å². The highest BCUT2D eigenvalue weighted by atomic mass is 16.4. The predicted octanol–water partition coefficient (Wildman–Crippen LogP) is 3.60. The van der Waals surface area contributed by atoms with Gasteiger partial charge in [-0.05, 0) is 18.1 Å². The van der Waals surface area contributed by atoms with Crippen LogP contribution in [0.15, 0.2) is 54.6 Å². The molecule has 0 bridgehead atoms. The first-order valence-corrected chi connectivity index (χ1v) is 6.00. The summed E-state index contributed by atoms with van der Waals surface area (Å²) in [7, 11) is 0. The van der Waals surface area contributed by atoms with Crippen molar-refractivity contribution in [2.24, 2.45) is 0 Å². The van der Waals surface area contributed by atoms with E-state index in [1.165, 1.54) is 0 Å². The Hall–Kier alpha value is -2.09. The second-order valence-corrected chi connectivity index (χ2v) is 4.48. The molecule has 1 N–H and O–H groups in total. The summed E-state index contributed by atoms with van der Waals surface area (Å²) < 4.78 is 0. The second-order valence-electron chi connectivity index (χ2n) is 4.48. The zero-order valence-corrected chi connectivity index (χ0v) is 10.3. The van der Waals surface area contributed by atoms with Crippen LogP contribution in [0.25, 0.3) is 0 Å². The Bertz CT molecular complexity index is 532. The molecular weight excluding hydrogens is 224 g/mol. The molecule has 2 heteroatoms. The topological polar surface area (TPSA) is 37.3 Å². The molecule has 0 aliphatic carbocycles. The quantitative estimate of drug-likeness (QED) is 0.886. The second kappa shape index (κ2) is 5.50. The molecule has 0 unspecified atom stereocenters. The lowest BCUT2D eigenvalue weighted by Gasteiger charge is -2.16. The van der Waals surface area contributed by atoms with Crippen LogP contribution in [0.4, 0.5) is 0 Å². The van der Waals surface area contributed by atoms with Gasteiger partial charge in [-0.3, -0.25) is 4.79 Å². The first-order chi connectivity index (χ1) is 8.66. The molecule has 2 aromatic rings. The van der Waals surface area contributed by atoms with Gasteiger partial charge in [0.2, 0.25) is 0 Å². The number of hydrogen-bond donors (Lipinski definition) is 1. The molecule has 0 amide bonds. The smallest absolute Gasteiger partial charge is 0.304 e. The molecule has 0 aliphatic rings. The minimum Gasteiger partial charge on any atom is -0.481 e. The number of benzene rings is 2. The molecule has 0 fully saturated rings. The maximum absolute atomic E-state index is 11.0. The summed E-state index contributed by atoms with van der Waals surface area (Å²) in [5.74, 6) is -0.853. The molecule has 0 saturated heterocycles. The van der Waals surface area contributed by atoms with Gasteiger partial charge in [-0.15, -0.1) is 0 Å². The van der Waals surface area contributed by atoms with E-state index in [4.69, 9.17) is 5.11 Å². The molecule has 0 aromatic heterocycles. The fourth-order valence-corrected chi connectivity index (χ4v) is 2.17. The highest BCUT2D eigenvalue weighted by molar-refractivity contribution is 5.69. The van der Waals surface area contributed by atoms with Crippen molar-refractivity contribution in [1.82, 2.24) is 0 Å². The minimum absolute atomic E-state index is 0.0800. The van der Waals surface area contributed by atoms with Gasteiger partial charge in [-0.25, -0.2) is 0 Å². The fraction of sp³-hybridized carbons (Fsp3) is 0.188. The van der Waals surface area contributed by atoms with Crippen molar-refractivity contribution < 1.29 is 9.90 Å². The van der Waals surface area contributed by atoms with E-state index in [-0.39, 0.29) is 12.3 Å². The summed E-state index contributed by atoms with van der Waals surface area (Å²) in [6.45, 7) is 2.02. The number of carboxylic acid groups (broad SMARTS) is 1. The lowest BCUT2D eigenvalue weighted by Crippen LogP contribution is -2.08. The highest BCUT2D eigenvalue weighted by Gasteiger charge is 2.17. The van der Waals surface area contributed by atoms with Gasteiger partial charge in [-0.1, -0.05) is 60.2 Å². The van der Waals surface area contributed by atoms with E-state index >= 15 is 0 Å². The van der Waals surface area contributed by atoms with Gasteiger partial charge in [0.15, 0.2) is 0 Å². The van der Waals surface area contributed by atoms with Crippen LogP contribution in [0.2, 0.25) is 0 Å². The Balaban J connectivity index is 2.40. The first kappa shape index (κ1) is 12.4. The van der Waals surface area contributed by atoms with E-state index in [1.54, 1.807) is 0 Å². The lowest BCUT2D eigenvalue weighted by atomic mass is 9.88. The standard InChI is InChI=1S/C16H16O2/c1-12-6-5-9-14(10-12)15(11-16(17)18)13-7-3-2-4-8-13/h2-10,15H,11H2,1H3,(H,17,18)/t15-/m0/s1. The van der Waals surface area contributed by atoms with Crippen LogP contribution in [0.5, 0.6) is 0 Å². The molecule has 0 aliphatic heterocycles. The predicted molar refractivity (Wildman–Crippen MR) is 71.7 cm³/mol. The highest BCUT2D eigenvalue weighted by Crippen LogP contribution is 2.28. The van der Waals surface area contributed by atoms with E-state index in [9.17, 15) is 4.79 Å². The SMILES string of the molecule is Cc1cccc([C@@H](CC(=O)O)c2ccccc2)c1. The average molecular weight is 240 g/mol. The summed E-state index contributed by atoms with van der Waals surface area (Å²) in [5.41, 5.74) is 3.26. The van der Waals surface area contributed by atoms with Gasteiger partial charge in [0.05, 0.1) is 6.42 Å². The molecule has 2 rings (SSSR count). The lowest BCUT2D eigenvalue weighted by molar-refractivity contribution is -0.137. The fourth-order valence-electron chi connectivity index (χ4n) is 2.17. The summed E-state index contributed by atoms with van der Waals surface area (Å²) in [6, 6.07) is 17.8. The van der Waals surface area contributed by atoms with Crippen LogP contribution < -0.4 is 0 Å². The number of carbonyl (C=O) groups is 1. The number of aryl methyl sites for hydroxylation is 1. The van der Waals surface area contributed by atoms with Crippen LogP contribution in [-0.4, -0.2) is 11.1 Å². The Morgan fingerprint density at radius 1 is 1.06 bits per heavy atom. The Morgan fingerprint density at radius 3 is 2.33 bits per heavy atom. The maximum atomic E-state index is 11.0. The van der Waals surface area contributed by atoms with Crippen LogP contribution in [0, 0.1) is 6.92 Å². The van der Waals surface area contributed by atoms with Crippen LogP contribution in [0.1, 0.15) is 29.0 Å². The molecule has 0 heterocycles. The molecule has 0 saturated carbocycles. The van der Waals surface area contributed by atoms with Gasteiger partial charge in [0, 0.05) is 5.92 Å². The molecule has 0 radical (unpaired) electrons. The summed E-state index contributed by atoms with van der Waals surface area (Å²) in [5, 5.41) is 9.08. The zero-order valence-electron chi connectivity index (χ0n) is 10.3. The van der Waals surface area contributed by atoms with Gasteiger partial charge >= 0.3 is 5.97 Å². The minimum atomic E-state index is -0.773. The van der Waals surface area contributed by atoms with Crippen LogP contribution in [0.3, 0.4) is 0 Å². The first-order valence-electron chi connectivity index (χ1n) is 6.00. The molecule has 2 aromatic carbocycles. The molecule has 92 valence electrons. The van der Waals surface area contributed by atoms with Crippen molar-refractivity contribution in [2.45, 2.75) is 19.3 Å². The average Bonchev–Trinajstić information content (AvgIpc) is 2.37. The zero-order chi connectivity index (χ0) is 13.0. The third kappa shape index (κ3) is 2.98. The third-order valence-electron chi connectivity index (χ3n) is 3.03. The summed E-state index contributed by atoms with van der Waals surface area (Å²) >= 11 is 0. The van der Waals surface area contributed by atoms with Crippen molar-refractivity contribution in [3.8, 4) is 0 Å². The van der Waals surface area contributed by atoms with E-state index in [0.717, 1.165) is 16.7 Å². The van der Waals surface area contributed by atoms with Gasteiger partial charge in [0.25, 0.3) is 0 Å². The number of carboxylic acids is 1. The number of hydrogen-bond acceptors (Lipinski definition) is 1. The number of aliphatic carboxylic acids is 1. The van der Waals surface area contributed by atoms with E-state index in [2.05, 4.69) is 6.07 Å². The Morgan fingerprint density at radius 2 is 1.72 bits per heavy atom. The van der Waals surface area contributed by atoms with Gasteiger partial charge in [0.1, 0.15) is 0 Å². The maximum Gasteiger partial charge on any atom is 0.304 e. The molecule has 0 spiro atoms. The van der Waals surface area contributed by atoms with Crippen molar-refractivity contribution in [1.29, 1.82) is 0 Å². The molecule has 2 nitrogen and oxygen atoms in total. The summed E-state index contributed by atoms with van der Waals surface area (Å²) in [4.78, 5) is 11.0.